The van der Waals surface area contributed by atoms with E-state index in [9.17, 15) is 13.6 Å². The Balaban J connectivity index is 2.51. The number of halogens is 2. The third-order valence-electron chi connectivity index (χ3n) is 2.65. The van der Waals surface area contributed by atoms with Crippen molar-refractivity contribution in [3.05, 3.63) is 29.8 Å². The smallest absolute Gasteiger partial charge is 0.237 e. The first-order valence-corrected chi connectivity index (χ1v) is 6.25. The normalized spacial score (nSPS) is 13.2. The number of hydrogen-bond donors (Lipinski definition) is 1. The standard InChI is InChI=1S/C14H16F2N2O2/c1-3-10(7-17)14(19)18-9(2)8-20-13-6-11(15)4-5-12(13)16/h4-6,9-10H,3,8H2,1-2H3,(H,18,19)/t9-,10?/m1/s1. The van der Waals surface area contributed by atoms with Crippen molar-refractivity contribution < 1.29 is 18.3 Å². The van der Waals surface area contributed by atoms with Crippen LogP contribution >= 0.6 is 0 Å². The van der Waals surface area contributed by atoms with Gasteiger partial charge in [0, 0.05) is 6.07 Å². The molecule has 1 rings (SSSR count). The minimum atomic E-state index is -0.719. The third kappa shape index (κ3) is 4.50. The van der Waals surface area contributed by atoms with Crippen LogP contribution in [0.15, 0.2) is 18.2 Å². The summed E-state index contributed by atoms with van der Waals surface area (Å²) in [5, 5.41) is 11.3. The van der Waals surface area contributed by atoms with E-state index in [4.69, 9.17) is 10.00 Å². The van der Waals surface area contributed by atoms with Gasteiger partial charge in [-0.15, -0.1) is 0 Å². The zero-order valence-corrected chi connectivity index (χ0v) is 11.3. The van der Waals surface area contributed by atoms with E-state index in [2.05, 4.69) is 5.32 Å². The van der Waals surface area contributed by atoms with Crippen LogP contribution < -0.4 is 10.1 Å². The number of nitrogens with zero attached hydrogens (tertiary/aromatic N) is 1. The zero-order chi connectivity index (χ0) is 15.1. The van der Waals surface area contributed by atoms with Crippen molar-refractivity contribution in [3.8, 4) is 11.8 Å². The molecule has 0 spiro atoms. The predicted octanol–water partition coefficient (Wildman–Crippen LogP) is 2.40. The van der Waals surface area contributed by atoms with Crippen LogP contribution in [0.4, 0.5) is 8.78 Å². The van der Waals surface area contributed by atoms with E-state index in [0.29, 0.717) is 6.42 Å². The highest BCUT2D eigenvalue weighted by Gasteiger charge is 2.18. The Morgan fingerprint density at radius 3 is 2.80 bits per heavy atom. The lowest BCUT2D eigenvalue weighted by Crippen LogP contribution is -2.40. The summed E-state index contributed by atoms with van der Waals surface area (Å²) in [4.78, 5) is 11.6. The minimum Gasteiger partial charge on any atom is -0.488 e. The highest BCUT2D eigenvalue weighted by Crippen LogP contribution is 2.18. The number of benzene rings is 1. The summed E-state index contributed by atoms with van der Waals surface area (Å²) in [5.74, 6) is -2.60. The largest absolute Gasteiger partial charge is 0.488 e. The summed E-state index contributed by atoms with van der Waals surface area (Å²) in [6, 6.07) is 4.36. The lowest BCUT2D eigenvalue weighted by molar-refractivity contribution is -0.124. The summed E-state index contributed by atoms with van der Waals surface area (Å²) < 4.78 is 31.3. The van der Waals surface area contributed by atoms with Crippen molar-refractivity contribution in [2.75, 3.05) is 6.61 Å². The maximum atomic E-state index is 13.3. The molecule has 4 nitrogen and oxygen atoms in total. The second-order valence-corrected chi connectivity index (χ2v) is 4.39. The highest BCUT2D eigenvalue weighted by molar-refractivity contribution is 5.81. The Bertz CT molecular complexity index is 514. The fraction of sp³-hybridized carbons (Fsp3) is 0.429. The lowest BCUT2D eigenvalue weighted by Gasteiger charge is -2.16. The third-order valence-corrected chi connectivity index (χ3v) is 2.65. The van der Waals surface area contributed by atoms with Crippen molar-refractivity contribution in [1.29, 1.82) is 5.26 Å². The predicted molar refractivity (Wildman–Crippen MR) is 68.9 cm³/mol. The van der Waals surface area contributed by atoms with E-state index in [-0.39, 0.29) is 12.4 Å². The first-order valence-electron chi connectivity index (χ1n) is 6.25. The van der Waals surface area contributed by atoms with Crippen molar-refractivity contribution in [3.63, 3.8) is 0 Å². The molecule has 0 aliphatic heterocycles. The molecule has 0 saturated heterocycles. The van der Waals surface area contributed by atoms with Gasteiger partial charge in [0.25, 0.3) is 0 Å². The summed E-state index contributed by atoms with van der Waals surface area (Å²) in [6.45, 7) is 3.37. The van der Waals surface area contributed by atoms with Crippen molar-refractivity contribution in [1.82, 2.24) is 5.32 Å². The molecule has 0 bridgehead atoms. The number of rotatable bonds is 6. The number of carbonyl (C=O) groups excluding carboxylic acids is 1. The van der Waals surface area contributed by atoms with E-state index in [0.717, 1.165) is 18.2 Å². The monoisotopic (exact) mass is 282 g/mol. The number of amides is 1. The maximum absolute atomic E-state index is 13.3. The Labute approximate surface area is 116 Å². The Kier molecular flexibility index (Phi) is 5.91. The first kappa shape index (κ1) is 15.9. The number of hydrogen-bond acceptors (Lipinski definition) is 3. The maximum Gasteiger partial charge on any atom is 0.237 e. The van der Waals surface area contributed by atoms with Gasteiger partial charge in [-0.05, 0) is 25.5 Å². The van der Waals surface area contributed by atoms with Gasteiger partial charge >= 0.3 is 0 Å². The van der Waals surface area contributed by atoms with Crippen LogP contribution in [0.5, 0.6) is 5.75 Å². The molecule has 0 aliphatic rings. The molecule has 0 aromatic heterocycles. The molecule has 1 aromatic rings. The molecule has 0 fully saturated rings. The van der Waals surface area contributed by atoms with Gasteiger partial charge in [-0.1, -0.05) is 6.92 Å². The molecule has 0 radical (unpaired) electrons. The summed E-state index contributed by atoms with van der Waals surface area (Å²) >= 11 is 0. The van der Waals surface area contributed by atoms with Crippen LogP contribution in [0.3, 0.4) is 0 Å². The SMILES string of the molecule is CCC(C#N)C(=O)N[C@H](C)COc1cc(F)ccc1F. The van der Waals surface area contributed by atoms with E-state index in [1.165, 1.54) is 0 Å². The fourth-order valence-electron chi connectivity index (χ4n) is 1.52. The second kappa shape index (κ2) is 7.43. The van der Waals surface area contributed by atoms with Gasteiger partial charge in [-0.2, -0.15) is 5.26 Å². The molecular formula is C14H16F2N2O2. The van der Waals surface area contributed by atoms with Crippen LogP contribution in [-0.2, 0) is 4.79 Å². The van der Waals surface area contributed by atoms with Crippen LogP contribution in [-0.4, -0.2) is 18.6 Å². The molecule has 1 amide bonds. The second-order valence-electron chi connectivity index (χ2n) is 4.39. The molecule has 2 atom stereocenters. The first-order chi connectivity index (χ1) is 9.47. The summed E-state index contributed by atoms with van der Waals surface area (Å²) in [7, 11) is 0. The van der Waals surface area contributed by atoms with Crippen molar-refractivity contribution in [2.45, 2.75) is 26.3 Å². The Morgan fingerprint density at radius 2 is 2.20 bits per heavy atom. The molecule has 1 aromatic carbocycles. The molecule has 1 unspecified atom stereocenters. The molecule has 20 heavy (non-hydrogen) atoms. The van der Waals surface area contributed by atoms with E-state index < -0.39 is 29.5 Å². The summed E-state index contributed by atoms with van der Waals surface area (Å²) in [5.41, 5.74) is 0. The van der Waals surface area contributed by atoms with Gasteiger partial charge in [0.1, 0.15) is 18.3 Å². The molecule has 0 heterocycles. The average Bonchev–Trinajstić information content (AvgIpc) is 2.41. The molecule has 108 valence electrons. The molecule has 0 saturated carbocycles. The molecule has 6 heteroatoms. The van der Waals surface area contributed by atoms with Gasteiger partial charge < -0.3 is 10.1 Å². The number of nitriles is 1. The quantitative estimate of drug-likeness (QED) is 0.871. The minimum absolute atomic E-state index is 0.0199. The van der Waals surface area contributed by atoms with Crippen molar-refractivity contribution in [2.24, 2.45) is 5.92 Å². The van der Waals surface area contributed by atoms with E-state index in [1.54, 1.807) is 13.8 Å². The molecular weight excluding hydrogens is 266 g/mol. The van der Waals surface area contributed by atoms with Gasteiger partial charge in [0.2, 0.25) is 5.91 Å². The molecule has 0 aliphatic carbocycles. The van der Waals surface area contributed by atoms with E-state index >= 15 is 0 Å². The Hall–Kier alpha value is -2.16. The van der Waals surface area contributed by atoms with Crippen LogP contribution in [0.25, 0.3) is 0 Å². The number of carbonyl (C=O) groups is 1. The highest BCUT2D eigenvalue weighted by atomic mass is 19.1. The Morgan fingerprint density at radius 1 is 1.50 bits per heavy atom. The zero-order valence-electron chi connectivity index (χ0n) is 11.3. The van der Waals surface area contributed by atoms with Gasteiger partial charge in [-0.3, -0.25) is 4.79 Å². The van der Waals surface area contributed by atoms with Gasteiger partial charge in [0.15, 0.2) is 11.6 Å². The topological polar surface area (TPSA) is 62.1 Å². The molecule has 1 N–H and O–H groups in total. The van der Waals surface area contributed by atoms with Crippen LogP contribution in [0.1, 0.15) is 20.3 Å². The van der Waals surface area contributed by atoms with Gasteiger partial charge in [-0.25, -0.2) is 8.78 Å². The van der Waals surface area contributed by atoms with Gasteiger partial charge in [0.05, 0.1) is 12.1 Å². The van der Waals surface area contributed by atoms with Crippen LogP contribution in [0.2, 0.25) is 0 Å². The number of nitrogens with one attached hydrogen (secondary N) is 1. The van der Waals surface area contributed by atoms with Crippen molar-refractivity contribution >= 4 is 5.91 Å². The number of ether oxygens (including phenoxy) is 1. The summed E-state index contributed by atoms with van der Waals surface area (Å²) in [6.07, 6.45) is 0.411. The average molecular weight is 282 g/mol. The fourth-order valence-corrected chi connectivity index (χ4v) is 1.52. The van der Waals surface area contributed by atoms with E-state index in [1.807, 2.05) is 6.07 Å². The lowest BCUT2D eigenvalue weighted by atomic mass is 10.1. The van der Waals surface area contributed by atoms with Crippen LogP contribution in [0, 0.1) is 28.9 Å².